The van der Waals surface area contributed by atoms with Gasteiger partial charge >= 0.3 is 24.0 Å². The molecule has 234 valence electrons. The molecule has 2 aromatic carbocycles. The molecule has 0 fully saturated rings. The molecule has 0 spiro atoms. The fourth-order valence-electron chi connectivity index (χ4n) is 5.08. The second kappa shape index (κ2) is 14.9. The summed E-state index contributed by atoms with van der Waals surface area (Å²) in [6.45, 7) is 7.89. The maximum Gasteiger partial charge on any atom is 0.338 e. The Hall–Kier alpha value is -5.00. The van der Waals surface area contributed by atoms with Gasteiger partial charge in [-0.1, -0.05) is 36.4 Å². The van der Waals surface area contributed by atoms with Gasteiger partial charge < -0.3 is 40.2 Å². The number of carbonyl (C=O) groups is 4. The van der Waals surface area contributed by atoms with E-state index in [0.717, 1.165) is 0 Å². The van der Waals surface area contributed by atoms with Crippen LogP contribution in [0.1, 0.15) is 63.7 Å². The number of unbranched alkanes of at least 4 members (excludes halogenated alkanes) is 1. The Labute approximate surface area is 256 Å². The molecule has 2 aliphatic heterocycles. The van der Waals surface area contributed by atoms with E-state index in [0.29, 0.717) is 71.2 Å². The quantitative estimate of drug-likeness (QED) is 0.194. The first-order chi connectivity index (χ1) is 21.2. The molecule has 44 heavy (non-hydrogen) atoms. The van der Waals surface area contributed by atoms with E-state index < -0.39 is 36.1 Å². The molecule has 0 bridgehead atoms. The maximum atomic E-state index is 12.7. The molecule has 0 aromatic heterocycles. The third kappa shape index (κ3) is 7.49. The van der Waals surface area contributed by atoms with Crippen LogP contribution in [0.15, 0.2) is 71.1 Å². The highest BCUT2D eigenvalue weighted by molar-refractivity contribution is 5.96. The van der Waals surface area contributed by atoms with Gasteiger partial charge in [0.1, 0.15) is 11.5 Å². The third-order valence-corrected chi connectivity index (χ3v) is 7.04. The van der Waals surface area contributed by atoms with Gasteiger partial charge in [-0.05, 0) is 52.7 Å². The molecule has 0 saturated carbocycles. The predicted molar refractivity (Wildman–Crippen MR) is 161 cm³/mol. The number of para-hydroxylation sites is 2. The molecule has 0 saturated heterocycles. The SMILES string of the molecule is CCOC(=O)C1=C(C)NC(=O)NC1c1ccccc1OCCCCOc1ccccc1C1NC(=O)NC(C)=C1C(=O)OCC. The molecule has 2 atom stereocenters. The Morgan fingerprint density at radius 1 is 0.659 bits per heavy atom. The lowest BCUT2D eigenvalue weighted by Gasteiger charge is -2.29. The van der Waals surface area contributed by atoms with Crippen molar-refractivity contribution in [3.63, 3.8) is 0 Å². The number of hydrogen-bond acceptors (Lipinski definition) is 8. The lowest BCUT2D eigenvalue weighted by atomic mass is 9.95. The Balaban J connectivity index is 1.39. The number of urea groups is 2. The summed E-state index contributed by atoms with van der Waals surface area (Å²) < 4.78 is 22.7. The van der Waals surface area contributed by atoms with E-state index in [2.05, 4.69) is 21.3 Å². The summed E-state index contributed by atoms with van der Waals surface area (Å²) >= 11 is 0. The second-order valence-corrected chi connectivity index (χ2v) is 10.1. The molecular weight excluding hydrogens is 568 g/mol. The van der Waals surface area contributed by atoms with E-state index in [9.17, 15) is 19.2 Å². The van der Waals surface area contributed by atoms with E-state index in [4.69, 9.17) is 18.9 Å². The van der Waals surface area contributed by atoms with Crippen molar-refractivity contribution in [2.24, 2.45) is 0 Å². The number of amides is 4. The summed E-state index contributed by atoms with van der Waals surface area (Å²) in [4.78, 5) is 50.0. The lowest BCUT2D eigenvalue weighted by Crippen LogP contribution is -2.45. The van der Waals surface area contributed by atoms with Gasteiger partial charge in [0, 0.05) is 22.5 Å². The summed E-state index contributed by atoms with van der Waals surface area (Å²) in [6.07, 6.45) is 1.29. The zero-order valence-electron chi connectivity index (χ0n) is 25.3. The normalized spacial score (nSPS) is 18.0. The number of carbonyl (C=O) groups excluding carboxylic acids is 4. The summed E-state index contributed by atoms with van der Waals surface area (Å²) in [7, 11) is 0. The first kappa shape index (κ1) is 31.9. The molecule has 12 nitrogen and oxygen atoms in total. The van der Waals surface area contributed by atoms with Crippen molar-refractivity contribution in [3.8, 4) is 11.5 Å². The van der Waals surface area contributed by atoms with Crippen molar-refractivity contribution in [2.45, 2.75) is 52.6 Å². The Kier molecular flexibility index (Phi) is 10.8. The molecular formula is C32H38N4O8. The van der Waals surface area contributed by atoms with Crippen LogP contribution in [0.5, 0.6) is 11.5 Å². The van der Waals surface area contributed by atoms with Gasteiger partial charge in [0.05, 0.1) is 49.7 Å². The Bertz CT molecular complexity index is 1360. The smallest absolute Gasteiger partial charge is 0.338 e. The van der Waals surface area contributed by atoms with Crippen molar-refractivity contribution < 1.29 is 38.1 Å². The predicted octanol–water partition coefficient (Wildman–Crippen LogP) is 4.31. The van der Waals surface area contributed by atoms with E-state index >= 15 is 0 Å². The first-order valence-electron chi connectivity index (χ1n) is 14.6. The molecule has 4 N–H and O–H groups in total. The van der Waals surface area contributed by atoms with E-state index in [1.807, 2.05) is 24.3 Å². The highest BCUT2D eigenvalue weighted by Crippen LogP contribution is 2.35. The minimum absolute atomic E-state index is 0.205. The summed E-state index contributed by atoms with van der Waals surface area (Å²) in [5.74, 6) is 0.0457. The number of benzene rings is 2. The standard InChI is InChI=1S/C32H38N4O8/c1-5-41-29(37)25-19(3)33-31(39)35-27(25)21-13-7-9-15-23(21)43-17-11-12-18-44-24-16-10-8-14-22(24)28-26(30(38)42-6-2)20(4)34-32(40)36-28/h7-10,13-16,27-28H,5-6,11-12,17-18H2,1-4H3,(H2,33,35,39)(H2,34,36,40). The topological polar surface area (TPSA) is 153 Å². The van der Waals surface area contributed by atoms with Crippen molar-refractivity contribution in [1.29, 1.82) is 0 Å². The molecule has 0 radical (unpaired) electrons. The summed E-state index contributed by atoms with van der Waals surface area (Å²) in [5, 5.41) is 10.9. The first-order valence-corrected chi connectivity index (χ1v) is 14.6. The van der Waals surface area contributed by atoms with Gasteiger partial charge in [0.15, 0.2) is 0 Å². The average molecular weight is 607 g/mol. The van der Waals surface area contributed by atoms with Gasteiger partial charge in [0.25, 0.3) is 0 Å². The van der Waals surface area contributed by atoms with Crippen LogP contribution in [0.3, 0.4) is 0 Å². The van der Waals surface area contributed by atoms with Gasteiger partial charge in [-0.25, -0.2) is 19.2 Å². The maximum absolute atomic E-state index is 12.7. The van der Waals surface area contributed by atoms with Crippen LogP contribution in [0, 0.1) is 0 Å². The van der Waals surface area contributed by atoms with Crippen LogP contribution in [-0.2, 0) is 19.1 Å². The van der Waals surface area contributed by atoms with Crippen molar-refractivity contribution in [2.75, 3.05) is 26.4 Å². The van der Waals surface area contributed by atoms with E-state index in [-0.39, 0.29) is 13.2 Å². The minimum atomic E-state index is -0.730. The van der Waals surface area contributed by atoms with Crippen LogP contribution in [0.25, 0.3) is 0 Å². The van der Waals surface area contributed by atoms with Crippen molar-refractivity contribution >= 4 is 24.0 Å². The second-order valence-electron chi connectivity index (χ2n) is 10.1. The van der Waals surface area contributed by atoms with E-state index in [1.54, 1.807) is 52.0 Å². The minimum Gasteiger partial charge on any atom is -0.493 e. The number of esters is 2. The van der Waals surface area contributed by atoms with Crippen LogP contribution in [-0.4, -0.2) is 50.4 Å². The molecule has 2 aliphatic rings. The number of hydrogen-bond donors (Lipinski definition) is 4. The highest BCUT2D eigenvalue weighted by Gasteiger charge is 2.35. The van der Waals surface area contributed by atoms with Crippen LogP contribution in [0.4, 0.5) is 9.59 Å². The van der Waals surface area contributed by atoms with Crippen LogP contribution in [0.2, 0.25) is 0 Å². The number of allylic oxidation sites excluding steroid dienone is 2. The number of rotatable bonds is 13. The molecule has 2 heterocycles. The Morgan fingerprint density at radius 2 is 1.05 bits per heavy atom. The number of ether oxygens (including phenoxy) is 4. The highest BCUT2D eigenvalue weighted by atomic mass is 16.5. The molecule has 2 aromatic rings. The van der Waals surface area contributed by atoms with Crippen LogP contribution >= 0.6 is 0 Å². The van der Waals surface area contributed by atoms with Gasteiger partial charge in [-0.15, -0.1) is 0 Å². The fraction of sp³-hybridized carbons (Fsp3) is 0.375. The fourth-order valence-corrected chi connectivity index (χ4v) is 5.08. The zero-order valence-corrected chi connectivity index (χ0v) is 25.3. The van der Waals surface area contributed by atoms with E-state index in [1.165, 1.54) is 0 Å². The molecule has 0 aliphatic carbocycles. The van der Waals surface area contributed by atoms with Crippen molar-refractivity contribution in [3.05, 3.63) is 82.2 Å². The monoisotopic (exact) mass is 606 g/mol. The molecule has 12 heteroatoms. The third-order valence-electron chi connectivity index (χ3n) is 7.04. The molecule has 2 unspecified atom stereocenters. The summed E-state index contributed by atoms with van der Waals surface area (Å²) in [6, 6.07) is 12.2. The van der Waals surface area contributed by atoms with Crippen molar-refractivity contribution in [1.82, 2.24) is 21.3 Å². The van der Waals surface area contributed by atoms with Gasteiger partial charge in [-0.2, -0.15) is 0 Å². The van der Waals surface area contributed by atoms with Gasteiger partial charge in [-0.3, -0.25) is 0 Å². The summed E-state index contributed by atoms with van der Waals surface area (Å²) in [5.41, 5.74) is 2.76. The number of nitrogens with one attached hydrogen (secondary N) is 4. The zero-order chi connectivity index (χ0) is 31.6. The van der Waals surface area contributed by atoms with Gasteiger partial charge in [0.2, 0.25) is 0 Å². The van der Waals surface area contributed by atoms with Crippen LogP contribution < -0.4 is 30.7 Å². The molecule has 4 rings (SSSR count). The molecule has 4 amide bonds. The lowest BCUT2D eigenvalue weighted by molar-refractivity contribution is -0.140. The largest absolute Gasteiger partial charge is 0.493 e. The Morgan fingerprint density at radius 3 is 1.43 bits per heavy atom. The average Bonchev–Trinajstić information content (AvgIpc) is 2.98.